The molecule has 6 nitrogen and oxygen atoms in total. The van der Waals surface area contributed by atoms with Gasteiger partial charge in [-0.05, 0) is 12.8 Å². The van der Waals surface area contributed by atoms with E-state index in [0.29, 0.717) is 6.10 Å². The second-order valence-electron chi connectivity index (χ2n) is 5.40. The number of aromatic nitrogens is 2. The van der Waals surface area contributed by atoms with E-state index in [2.05, 4.69) is 25.1 Å². The number of methoxy groups -OCH3 is 1. The Morgan fingerprint density at radius 1 is 1.05 bits per heavy atom. The molecule has 0 radical (unpaired) electrons. The SMILES string of the molecule is COC1CCN(c2ncc(N3CCNCC3)cn2)CC1. The third-order valence-corrected chi connectivity index (χ3v) is 4.16. The standard InChI is InChI=1S/C14H23N5O/c1-20-13-2-6-19(7-3-13)14-16-10-12(11-17-14)18-8-4-15-5-9-18/h10-11,13,15H,2-9H2,1H3. The average molecular weight is 277 g/mol. The highest BCUT2D eigenvalue weighted by atomic mass is 16.5. The van der Waals surface area contributed by atoms with Crippen LogP contribution in [0.2, 0.25) is 0 Å². The van der Waals surface area contributed by atoms with Gasteiger partial charge in [-0.3, -0.25) is 0 Å². The Hall–Kier alpha value is -1.40. The van der Waals surface area contributed by atoms with Gasteiger partial charge in [0.25, 0.3) is 0 Å². The Balaban J connectivity index is 1.61. The van der Waals surface area contributed by atoms with Crippen molar-refractivity contribution >= 4 is 11.6 Å². The Kier molecular flexibility index (Phi) is 4.32. The largest absolute Gasteiger partial charge is 0.381 e. The van der Waals surface area contributed by atoms with E-state index < -0.39 is 0 Å². The lowest BCUT2D eigenvalue weighted by Gasteiger charge is -2.32. The summed E-state index contributed by atoms with van der Waals surface area (Å²) < 4.78 is 5.39. The van der Waals surface area contributed by atoms with Gasteiger partial charge >= 0.3 is 0 Å². The zero-order valence-corrected chi connectivity index (χ0v) is 12.1. The maximum Gasteiger partial charge on any atom is 0.225 e. The van der Waals surface area contributed by atoms with E-state index in [1.807, 2.05) is 12.4 Å². The molecule has 20 heavy (non-hydrogen) atoms. The number of anilines is 2. The molecule has 0 atom stereocenters. The quantitative estimate of drug-likeness (QED) is 0.868. The van der Waals surface area contributed by atoms with Gasteiger partial charge in [0.15, 0.2) is 0 Å². The minimum Gasteiger partial charge on any atom is -0.381 e. The van der Waals surface area contributed by atoms with Crippen molar-refractivity contribution in [3.05, 3.63) is 12.4 Å². The van der Waals surface area contributed by atoms with Crippen molar-refractivity contribution in [2.45, 2.75) is 18.9 Å². The number of rotatable bonds is 3. The molecule has 0 bridgehead atoms. The van der Waals surface area contributed by atoms with E-state index in [0.717, 1.165) is 63.7 Å². The molecule has 0 amide bonds. The molecule has 2 saturated heterocycles. The van der Waals surface area contributed by atoms with E-state index in [-0.39, 0.29) is 0 Å². The van der Waals surface area contributed by atoms with Crippen LogP contribution in [0.3, 0.4) is 0 Å². The van der Waals surface area contributed by atoms with Gasteiger partial charge in [-0.15, -0.1) is 0 Å². The highest BCUT2D eigenvalue weighted by molar-refractivity contribution is 5.45. The number of piperidine rings is 1. The fourth-order valence-electron chi connectivity index (χ4n) is 2.86. The number of hydrogen-bond donors (Lipinski definition) is 1. The van der Waals surface area contributed by atoms with Gasteiger partial charge in [0, 0.05) is 46.4 Å². The Morgan fingerprint density at radius 2 is 1.70 bits per heavy atom. The van der Waals surface area contributed by atoms with Crippen molar-refractivity contribution in [2.24, 2.45) is 0 Å². The minimum absolute atomic E-state index is 0.395. The molecule has 0 spiro atoms. The number of nitrogens with zero attached hydrogens (tertiary/aromatic N) is 4. The molecule has 3 heterocycles. The van der Waals surface area contributed by atoms with Crippen molar-refractivity contribution in [3.63, 3.8) is 0 Å². The Labute approximate surface area is 120 Å². The van der Waals surface area contributed by atoms with Crippen LogP contribution < -0.4 is 15.1 Å². The third-order valence-electron chi connectivity index (χ3n) is 4.16. The lowest BCUT2D eigenvalue weighted by Crippen LogP contribution is -2.43. The minimum atomic E-state index is 0.395. The van der Waals surface area contributed by atoms with Crippen molar-refractivity contribution in [1.29, 1.82) is 0 Å². The number of hydrogen-bond acceptors (Lipinski definition) is 6. The lowest BCUT2D eigenvalue weighted by molar-refractivity contribution is 0.0816. The van der Waals surface area contributed by atoms with Crippen molar-refractivity contribution in [2.75, 3.05) is 56.2 Å². The molecular weight excluding hydrogens is 254 g/mol. The van der Waals surface area contributed by atoms with E-state index in [1.54, 1.807) is 7.11 Å². The molecule has 1 aromatic heterocycles. The first kappa shape index (κ1) is 13.6. The maximum atomic E-state index is 5.39. The van der Waals surface area contributed by atoms with Crippen LogP contribution in [-0.4, -0.2) is 62.5 Å². The van der Waals surface area contributed by atoms with E-state index in [9.17, 15) is 0 Å². The molecule has 0 unspecified atom stereocenters. The van der Waals surface area contributed by atoms with E-state index in [1.165, 1.54) is 0 Å². The summed E-state index contributed by atoms with van der Waals surface area (Å²) in [6.45, 7) is 6.08. The van der Waals surface area contributed by atoms with Crippen LogP contribution in [-0.2, 0) is 4.74 Å². The first-order valence-electron chi connectivity index (χ1n) is 7.42. The van der Waals surface area contributed by atoms with Gasteiger partial charge in [0.1, 0.15) is 0 Å². The number of piperazine rings is 1. The molecule has 110 valence electrons. The fraction of sp³-hybridized carbons (Fsp3) is 0.714. The van der Waals surface area contributed by atoms with Crippen LogP contribution in [0.4, 0.5) is 11.6 Å². The summed E-state index contributed by atoms with van der Waals surface area (Å²) in [5.74, 6) is 0.846. The Morgan fingerprint density at radius 3 is 2.30 bits per heavy atom. The molecule has 1 N–H and O–H groups in total. The molecule has 2 aliphatic rings. The molecule has 2 aliphatic heterocycles. The van der Waals surface area contributed by atoms with Crippen LogP contribution in [0, 0.1) is 0 Å². The molecule has 0 aromatic carbocycles. The first-order chi connectivity index (χ1) is 9.86. The smallest absolute Gasteiger partial charge is 0.225 e. The van der Waals surface area contributed by atoms with Crippen LogP contribution in [0.1, 0.15) is 12.8 Å². The predicted octanol–water partition coefficient (Wildman–Crippen LogP) is 0.501. The molecule has 3 rings (SSSR count). The topological polar surface area (TPSA) is 53.5 Å². The van der Waals surface area contributed by atoms with Gasteiger partial charge in [-0.25, -0.2) is 9.97 Å². The molecule has 2 fully saturated rings. The van der Waals surface area contributed by atoms with E-state index >= 15 is 0 Å². The monoisotopic (exact) mass is 277 g/mol. The average Bonchev–Trinajstić information content (AvgIpc) is 2.56. The van der Waals surface area contributed by atoms with Crippen LogP contribution in [0.25, 0.3) is 0 Å². The molecule has 0 saturated carbocycles. The molecule has 1 aromatic rings. The fourth-order valence-corrected chi connectivity index (χ4v) is 2.86. The summed E-state index contributed by atoms with van der Waals surface area (Å²) >= 11 is 0. The van der Waals surface area contributed by atoms with Gasteiger partial charge in [-0.2, -0.15) is 0 Å². The summed E-state index contributed by atoms with van der Waals surface area (Å²) in [7, 11) is 1.79. The zero-order valence-electron chi connectivity index (χ0n) is 12.1. The normalized spacial score (nSPS) is 21.2. The van der Waals surface area contributed by atoms with Crippen LogP contribution in [0.15, 0.2) is 12.4 Å². The number of nitrogens with one attached hydrogen (secondary N) is 1. The summed E-state index contributed by atoms with van der Waals surface area (Å²) in [6.07, 6.45) is 6.41. The molecular formula is C14H23N5O. The second kappa shape index (κ2) is 6.37. The van der Waals surface area contributed by atoms with Gasteiger partial charge in [0.2, 0.25) is 5.95 Å². The highest BCUT2D eigenvalue weighted by Crippen LogP contribution is 2.19. The summed E-state index contributed by atoms with van der Waals surface area (Å²) in [5, 5.41) is 3.35. The van der Waals surface area contributed by atoms with Gasteiger partial charge < -0.3 is 19.9 Å². The van der Waals surface area contributed by atoms with Crippen molar-refractivity contribution in [3.8, 4) is 0 Å². The van der Waals surface area contributed by atoms with Crippen LogP contribution in [0.5, 0.6) is 0 Å². The lowest BCUT2D eigenvalue weighted by atomic mass is 10.1. The van der Waals surface area contributed by atoms with Crippen molar-refractivity contribution in [1.82, 2.24) is 15.3 Å². The Bertz CT molecular complexity index is 410. The second-order valence-corrected chi connectivity index (χ2v) is 5.40. The molecule has 6 heteroatoms. The first-order valence-corrected chi connectivity index (χ1v) is 7.42. The summed E-state index contributed by atoms with van der Waals surface area (Å²) in [5.41, 5.74) is 1.13. The van der Waals surface area contributed by atoms with Gasteiger partial charge in [0.05, 0.1) is 24.2 Å². The van der Waals surface area contributed by atoms with Gasteiger partial charge in [-0.1, -0.05) is 0 Å². The maximum absolute atomic E-state index is 5.39. The number of ether oxygens (including phenoxy) is 1. The third kappa shape index (κ3) is 3.02. The van der Waals surface area contributed by atoms with Crippen LogP contribution >= 0.6 is 0 Å². The zero-order chi connectivity index (χ0) is 13.8. The van der Waals surface area contributed by atoms with Crippen molar-refractivity contribution < 1.29 is 4.74 Å². The summed E-state index contributed by atoms with van der Waals surface area (Å²) in [4.78, 5) is 13.7. The predicted molar refractivity (Wildman–Crippen MR) is 79.4 cm³/mol. The van der Waals surface area contributed by atoms with E-state index in [4.69, 9.17) is 4.74 Å². The molecule has 0 aliphatic carbocycles. The summed E-state index contributed by atoms with van der Waals surface area (Å²) in [6, 6.07) is 0. The highest BCUT2D eigenvalue weighted by Gasteiger charge is 2.20.